The average Bonchev–Trinajstić information content (AvgIpc) is 3.28. The maximum atomic E-state index is 11.1. The fraction of sp³-hybridized carbons (Fsp3) is 0.471. The van der Waals surface area contributed by atoms with E-state index in [0.29, 0.717) is 17.9 Å². The fourth-order valence-corrected chi connectivity index (χ4v) is 3.81. The molecule has 0 fully saturated rings. The molecule has 0 spiro atoms. The lowest BCUT2D eigenvalue weighted by molar-refractivity contribution is -0.143. The highest BCUT2D eigenvalue weighted by molar-refractivity contribution is 5.81. The Morgan fingerprint density at radius 3 is 1.89 bits per heavy atom. The van der Waals surface area contributed by atoms with E-state index in [-0.39, 0.29) is 57.3 Å². The Morgan fingerprint density at radius 2 is 1.36 bits per heavy atom. The Kier molecular flexibility index (Phi) is 15.4. The molecule has 4 unspecified atom stereocenters. The molecule has 1 aliphatic rings. The number of benzene rings is 1. The molecule has 2 rings (SSSR count). The van der Waals surface area contributed by atoms with Gasteiger partial charge in [-0.15, -0.1) is 0 Å². The zero-order valence-corrected chi connectivity index (χ0v) is 26.0. The standard InChI is InChI=1S/C34H44O10/c1-7-32(37)43-22-28(35)20-39-24(3)18-41-30-11-9-10-26(12-15-30)34(5,6)27-13-16-31(17-14-27)42-19-25(4)40-21-29(36)23-44-33(38)8-2/h7-8,12-17,24-25,28-29,35-36H,1-2,10,18-23H2,3-6H3. The topological polar surface area (TPSA) is 130 Å². The molecule has 1 aromatic rings. The van der Waals surface area contributed by atoms with Gasteiger partial charge in [-0.3, -0.25) is 0 Å². The zero-order valence-electron chi connectivity index (χ0n) is 26.0. The van der Waals surface area contributed by atoms with Gasteiger partial charge >= 0.3 is 11.9 Å². The molecule has 0 aromatic heterocycles. The number of esters is 2. The molecule has 1 aromatic carbocycles. The van der Waals surface area contributed by atoms with Crippen molar-refractivity contribution in [2.45, 2.75) is 63.9 Å². The highest BCUT2D eigenvalue weighted by atomic mass is 16.6. The van der Waals surface area contributed by atoms with Crippen LogP contribution in [0.25, 0.3) is 0 Å². The van der Waals surface area contributed by atoms with Crippen LogP contribution < -0.4 is 4.74 Å². The Balaban J connectivity index is 1.83. The van der Waals surface area contributed by atoms with Crippen LogP contribution >= 0.6 is 0 Å². The fourth-order valence-electron chi connectivity index (χ4n) is 3.81. The molecular formula is C34H44O10. The number of hydrogen-bond acceptors (Lipinski definition) is 10. The molecule has 240 valence electrons. The number of aliphatic hydroxyl groups excluding tert-OH is 2. The lowest BCUT2D eigenvalue weighted by Crippen LogP contribution is -2.28. The monoisotopic (exact) mass is 612 g/mol. The maximum Gasteiger partial charge on any atom is 0.330 e. The molecule has 10 heteroatoms. The second-order valence-electron chi connectivity index (χ2n) is 10.7. The van der Waals surface area contributed by atoms with Gasteiger partial charge in [-0.25, -0.2) is 9.59 Å². The van der Waals surface area contributed by atoms with Crippen molar-refractivity contribution in [1.82, 2.24) is 0 Å². The van der Waals surface area contributed by atoms with Crippen LogP contribution in [-0.4, -0.2) is 86.2 Å². The third kappa shape index (κ3) is 13.2. The van der Waals surface area contributed by atoms with Gasteiger partial charge in [-0.05, 0) is 49.1 Å². The first kappa shape index (κ1) is 36.3. The minimum atomic E-state index is -0.947. The van der Waals surface area contributed by atoms with E-state index in [1.165, 1.54) is 0 Å². The highest BCUT2D eigenvalue weighted by Gasteiger charge is 2.25. The summed E-state index contributed by atoms with van der Waals surface area (Å²) in [5.74, 6) is 6.24. The van der Waals surface area contributed by atoms with Crippen molar-refractivity contribution in [3.8, 4) is 17.6 Å². The molecular weight excluding hydrogens is 568 g/mol. The summed E-state index contributed by atoms with van der Waals surface area (Å²) in [5.41, 5.74) is 1.91. The first-order valence-electron chi connectivity index (χ1n) is 14.4. The lowest BCUT2D eigenvalue weighted by Gasteiger charge is -2.28. The van der Waals surface area contributed by atoms with Crippen LogP contribution in [-0.2, 0) is 38.7 Å². The van der Waals surface area contributed by atoms with Gasteiger partial charge in [-0.1, -0.05) is 51.1 Å². The maximum absolute atomic E-state index is 11.1. The molecule has 44 heavy (non-hydrogen) atoms. The number of ether oxygens (including phenoxy) is 6. The summed E-state index contributed by atoms with van der Waals surface area (Å²) in [6, 6.07) is 7.85. The molecule has 4 atom stereocenters. The van der Waals surface area contributed by atoms with E-state index in [0.717, 1.165) is 23.3 Å². The van der Waals surface area contributed by atoms with E-state index >= 15 is 0 Å². The van der Waals surface area contributed by atoms with Crippen molar-refractivity contribution >= 4 is 11.9 Å². The third-order valence-electron chi connectivity index (χ3n) is 6.58. The predicted octanol–water partition coefficient (Wildman–Crippen LogP) is 3.57. The molecule has 0 radical (unpaired) electrons. The number of aliphatic hydroxyl groups is 2. The quantitative estimate of drug-likeness (QED) is 0.128. The number of allylic oxidation sites excluding steroid dienone is 4. The van der Waals surface area contributed by atoms with Crippen LogP contribution in [0.2, 0.25) is 0 Å². The number of carbonyl (C=O) groups is 2. The smallest absolute Gasteiger partial charge is 0.330 e. The van der Waals surface area contributed by atoms with Gasteiger partial charge in [0.2, 0.25) is 0 Å². The molecule has 10 nitrogen and oxygen atoms in total. The van der Waals surface area contributed by atoms with Crippen LogP contribution in [0.4, 0.5) is 0 Å². The molecule has 0 aliphatic heterocycles. The summed E-state index contributed by atoms with van der Waals surface area (Å²) in [6.07, 6.45) is 4.02. The summed E-state index contributed by atoms with van der Waals surface area (Å²) in [6.45, 7) is 14.7. The molecule has 0 bridgehead atoms. The van der Waals surface area contributed by atoms with E-state index in [4.69, 9.17) is 28.4 Å². The third-order valence-corrected chi connectivity index (χ3v) is 6.58. The minimum Gasteiger partial charge on any atom is -0.491 e. The second-order valence-corrected chi connectivity index (χ2v) is 10.7. The summed E-state index contributed by atoms with van der Waals surface area (Å²) in [4.78, 5) is 22.2. The van der Waals surface area contributed by atoms with Crippen LogP contribution in [0.5, 0.6) is 5.75 Å². The highest BCUT2D eigenvalue weighted by Crippen LogP contribution is 2.35. The molecule has 0 heterocycles. The van der Waals surface area contributed by atoms with E-state index in [9.17, 15) is 19.8 Å². The molecule has 0 saturated heterocycles. The van der Waals surface area contributed by atoms with Crippen molar-refractivity contribution in [2.24, 2.45) is 0 Å². The van der Waals surface area contributed by atoms with Crippen molar-refractivity contribution in [2.75, 3.05) is 39.6 Å². The molecule has 0 amide bonds. The van der Waals surface area contributed by atoms with E-state index in [1.807, 2.05) is 50.3 Å². The first-order chi connectivity index (χ1) is 20.9. The Labute approximate surface area is 259 Å². The normalized spacial score (nSPS) is 15.5. The number of carbonyl (C=O) groups excluding carboxylic acids is 2. The van der Waals surface area contributed by atoms with Gasteiger partial charge in [0.1, 0.15) is 44.4 Å². The largest absolute Gasteiger partial charge is 0.491 e. The SMILES string of the molecule is C=CC(=O)OCC(O)COC(C)COC1=CC=C(C(C)(C)c2ccc(OCC(C)OCC(O)COC(=O)C=C)cc2)CC#C1. The van der Waals surface area contributed by atoms with Gasteiger partial charge in [0.05, 0.1) is 25.4 Å². The average molecular weight is 613 g/mol. The van der Waals surface area contributed by atoms with Crippen molar-refractivity contribution in [3.05, 3.63) is 78.6 Å². The van der Waals surface area contributed by atoms with Crippen molar-refractivity contribution in [1.29, 1.82) is 0 Å². The Morgan fingerprint density at radius 1 is 0.841 bits per heavy atom. The summed E-state index contributed by atoms with van der Waals surface area (Å²) < 4.78 is 32.4. The van der Waals surface area contributed by atoms with E-state index in [1.54, 1.807) is 0 Å². The Hall–Kier alpha value is -3.88. The second kappa shape index (κ2) is 18.7. The molecule has 0 saturated carbocycles. The van der Waals surface area contributed by atoms with Gasteiger partial charge in [-0.2, -0.15) is 0 Å². The number of rotatable bonds is 20. The van der Waals surface area contributed by atoms with E-state index in [2.05, 4.69) is 38.8 Å². The van der Waals surface area contributed by atoms with E-state index < -0.39 is 24.1 Å². The Bertz CT molecular complexity index is 1220. The van der Waals surface area contributed by atoms with Gasteiger partial charge in [0.25, 0.3) is 0 Å². The summed E-state index contributed by atoms with van der Waals surface area (Å²) >= 11 is 0. The number of hydrogen-bond donors (Lipinski definition) is 2. The van der Waals surface area contributed by atoms with Gasteiger partial charge < -0.3 is 38.6 Å². The molecule has 1 aliphatic carbocycles. The summed E-state index contributed by atoms with van der Waals surface area (Å²) in [5, 5.41) is 19.7. The van der Waals surface area contributed by atoms with Gasteiger partial charge in [0.15, 0.2) is 5.76 Å². The molecule has 2 N–H and O–H groups in total. The van der Waals surface area contributed by atoms with Crippen LogP contribution in [0.3, 0.4) is 0 Å². The van der Waals surface area contributed by atoms with Crippen LogP contribution in [0, 0.1) is 11.8 Å². The predicted molar refractivity (Wildman–Crippen MR) is 165 cm³/mol. The van der Waals surface area contributed by atoms with Crippen LogP contribution in [0.1, 0.15) is 39.7 Å². The minimum absolute atomic E-state index is 0.00468. The first-order valence-corrected chi connectivity index (χ1v) is 14.4. The van der Waals surface area contributed by atoms with Crippen LogP contribution in [0.15, 0.2) is 73.1 Å². The summed E-state index contributed by atoms with van der Waals surface area (Å²) in [7, 11) is 0. The zero-order chi connectivity index (χ0) is 32.5. The van der Waals surface area contributed by atoms with Crippen molar-refractivity contribution < 1.29 is 48.2 Å². The van der Waals surface area contributed by atoms with Gasteiger partial charge in [0, 0.05) is 24.0 Å². The lowest BCUT2D eigenvalue weighted by atomic mass is 9.76. The van der Waals surface area contributed by atoms with Crippen molar-refractivity contribution in [3.63, 3.8) is 0 Å².